The summed E-state index contributed by atoms with van der Waals surface area (Å²) in [7, 11) is 0. The highest BCUT2D eigenvalue weighted by molar-refractivity contribution is 5.81. The Morgan fingerprint density at radius 3 is 2.89 bits per heavy atom. The van der Waals surface area contributed by atoms with E-state index < -0.39 is 0 Å². The zero-order valence-electron chi connectivity index (χ0n) is 11.4. The minimum Gasteiger partial charge on any atom is -0.392 e. The summed E-state index contributed by atoms with van der Waals surface area (Å²) >= 11 is 0. The molecule has 0 bridgehead atoms. The van der Waals surface area contributed by atoms with Crippen molar-refractivity contribution in [2.45, 2.75) is 38.5 Å². The Labute approximate surface area is 114 Å². The van der Waals surface area contributed by atoms with Crippen LogP contribution in [0.4, 0.5) is 0 Å². The number of carbonyl (C=O) groups excluding carboxylic acids is 1. The molecule has 19 heavy (non-hydrogen) atoms. The van der Waals surface area contributed by atoms with E-state index in [9.17, 15) is 9.90 Å². The van der Waals surface area contributed by atoms with Crippen LogP contribution in [0, 0.1) is 0 Å². The van der Waals surface area contributed by atoms with E-state index in [0.717, 1.165) is 24.9 Å². The van der Waals surface area contributed by atoms with Crippen molar-refractivity contribution in [3.05, 3.63) is 35.9 Å². The van der Waals surface area contributed by atoms with Crippen LogP contribution >= 0.6 is 0 Å². The van der Waals surface area contributed by atoms with Crippen molar-refractivity contribution in [3.63, 3.8) is 0 Å². The number of β-amino-alcohol motifs (C(OH)–C–C–N with tert-alkyl or cyclic N) is 1. The quantitative estimate of drug-likeness (QED) is 0.856. The molecule has 1 saturated heterocycles. The first kappa shape index (κ1) is 14.0. The zero-order chi connectivity index (χ0) is 13.7. The predicted octanol–water partition coefficient (Wildman–Crippen LogP) is 1.15. The standard InChI is InChI=1S/C15H22N2O2/c1-12(17-9-5-8-14(18)11-17)15(19)16-10-13-6-3-2-4-7-13/h2-4,6-7,12,14,18H,5,8-11H2,1H3,(H,16,19). The summed E-state index contributed by atoms with van der Waals surface area (Å²) in [5, 5.41) is 12.6. The van der Waals surface area contributed by atoms with Gasteiger partial charge in [-0.15, -0.1) is 0 Å². The van der Waals surface area contributed by atoms with E-state index in [2.05, 4.69) is 10.2 Å². The Kier molecular flexibility index (Phi) is 4.93. The number of rotatable bonds is 4. The molecule has 4 nitrogen and oxygen atoms in total. The van der Waals surface area contributed by atoms with Gasteiger partial charge < -0.3 is 10.4 Å². The molecule has 0 aliphatic carbocycles. The Morgan fingerprint density at radius 2 is 2.21 bits per heavy atom. The van der Waals surface area contributed by atoms with E-state index in [1.54, 1.807) is 0 Å². The van der Waals surface area contributed by atoms with Crippen molar-refractivity contribution in [2.75, 3.05) is 13.1 Å². The van der Waals surface area contributed by atoms with Gasteiger partial charge in [-0.05, 0) is 31.9 Å². The topological polar surface area (TPSA) is 52.6 Å². The highest BCUT2D eigenvalue weighted by atomic mass is 16.3. The van der Waals surface area contributed by atoms with Crippen molar-refractivity contribution < 1.29 is 9.90 Å². The van der Waals surface area contributed by atoms with E-state index in [1.165, 1.54) is 0 Å². The Hall–Kier alpha value is -1.39. The first-order valence-electron chi connectivity index (χ1n) is 6.90. The molecule has 2 rings (SSSR count). The summed E-state index contributed by atoms with van der Waals surface area (Å²) in [6.45, 7) is 3.94. The van der Waals surface area contributed by atoms with Crippen LogP contribution < -0.4 is 5.32 Å². The third-order valence-electron chi connectivity index (χ3n) is 3.66. The molecule has 0 spiro atoms. The maximum atomic E-state index is 12.1. The summed E-state index contributed by atoms with van der Waals surface area (Å²) in [5.74, 6) is 0.0259. The number of likely N-dealkylation sites (tertiary alicyclic amines) is 1. The SMILES string of the molecule is CC(C(=O)NCc1ccccc1)N1CCCC(O)C1. The highest BCUT2D eigenvalue weighted by Gasteiger charge is 2.26. The summed E-state index contributed by atoms with van der Waals surface area (Å²) in [6.07, 6.45) is 1.50. The van der Waals surface area contributed by atoms with E-state index in [-0.39, 0.29) is 18.1 Å². The lowest BCUT2D eigenvalue weighted by Crippen LogP contribution is -2.50. The summed E-state index contributed by atoms with van der Waals surface area (Å²) in [5.41, 5.74) is 1.10. The van der Waals surface area contributed by atoms with Gasteiger partial charge in [-0.25, -0.2) is 0 Å². The van der Waals surface area contributed by atoms with E-state index in [0.29, 0.717) is 13.1 Å². The molecule has 0 radical (unpaired) electrons. The van der Waals surface area contributed by atoms with Gasteiger partial charge >= 0.3 is 0 Å². The second-order valence-electron chi connectivity index (χ2n) is 5.17. The number of aliphatic hydroxyl groups excluding tert-OH is 1. The van der Waals surface area contributed by atoms with Crippen LogP contribution in [-0.4, -0.2) is 41.1 Å². The molecule has 1 aliphatic rings. The average molecular weight is 262 g/mol. The van der Waals surface area contributed by atoms with E-state index in [4.69, 9.17) is 0 Å². The first-order valence-corrected chi connectivity index (χ1v) is 6.90. The summed E-state index contributed by atoms with van der Waals surface area (Å²) in [4.78, 5) is 14.1. The van der Waals surface area contributed by atoms with Crippen molar-refractivity contribution >= 4 is 5.91 Å². The lowest BCUT2D eigenvalue weighted by Gasteiger charge is -2.33. The zero-order valence-corrected chi connectivity index (χ0v) is 11.4. The smallest absolute Gasteiger partial charge is 0.237 e. The minimum absolute atomic E-state index is 0.0259. The molecule has 1 aliphatic heterocycles. The van der Waals surface area contributed by atoms with Crippen LogP contribution in [0.2, 0.25) is 0 Å². The second kappa shape index (κ2) is 6.68. The number of nitrogens with one attached hydrogen (secondary N) is 1. The fourth-order valence-electron chi connectivity index (χ4n) is 2.43. The van der Waals surface area contributed by atoms with Gasteiger partial charge in [0, 0.05) is 13.1 Å². The Morgan fingerprint density at radius 1 is 1.47 bits per heavy atom. The van der Waals surface area contributed by atoms with E-state index >= 15 is 0 Å². The van der Waals surface area contributed by atoms with Crippen LogP contribution in [0.25, 0.3) is 0 Å². The van der Waals surface area contributed by atoms with Crippen molar-refractivity contribution in [2.24, 2.45) is 0 Å². The van der Waals surface area contributed by atoms with E-state index in [1.807, 2.05) is 37.3 Å². The van der Waals surface area contributed by atoms with Crippen LogP contribution in [0.5, 0.6) is 0 Å². The monoisotopic (exact) mass is 262 g/mol. The van der Waals surface area contributed by atoms with Crippen molar-refractivity contribution in [1.29, 1.82) is 0 Å². The molecule has 4 heteroatoms. The molecule has 104 valence electrons. The van der Waals surface area contributed by atoms with Crippen molar-refractivity contribution in [1.82, 2.24) is 10.2 Å². The maximum absolute atomic E-state index is 12.1. The average Bonchev–Trinajstić information content (AvgIpc) is 2.45. The van der Waals surface area contributed by atoms with Gasteiger partial charge in [0.2, 0.25) is 5.91 Å². The third-order valence-corrected chi connectivity index (χ3v) is 3.66. The number of carbonyl (C=O) groups is 1. The number of aliphatic hydroxyl groups is 1. The van der Waals surface area contributed by atoms with Crippen LogP contribution in [0.3, 0.4) is 0 Å². The maximum Gasteiger partial charge on any atom is 0.237 e. The minimum atomic E-state index is -0.293. The molecule has 0 saturated carbocycles. The highest BCUT2D eigenvalue weighted by Crippen LogP contribution is 2.13. The predicted molar refractivity (Wildman–Crippen MR) is 74.6 cm³/mol. The molecular weight excluding hydrogens is 240 g/mol. The summed E-state index contributed by atoms with van der Waals surface area (Å²) in [6, 6.07) is 9.70. The van der Waals surface area contributed by atoms with Gasteiger partial charge in [-0.2, -0.15) is 0 Å². The molecule has 1 heterocycles. The van der Waals surface area contributed by atoms with Crippen LogP contribution in [0.15, 0.2) is 30.3 Å². The lowest BCUT2D eigenvalue weighted by molar-refractivity contribution is -0.127. The van der Waals surface area contributed by atoms with Crippen LogP contribution in [0.1, 0.15) is 25.3 Å². The number of hydrogen-bond donors (Lipinski definition) is 2. The van der Waals surface area contributed by atoms with Gasteiger partial charge in [0.25, 0.3) is 0 Å². The number of hydrogen-bond acceptors (Lipinski definition) is 3. The Balaban J connectivity index is 1.82. The molecule has 1 fully saturated rings. The molecule has 1 aromatic carbocycles. The molecule has 2 atom stereocenters. The van der Waals surface area contributed by atoms with Crippen molar-refractivity contribution in [3.8, 4) is 0 Å². The fraction of sp³-hybridized carbons (Fsp3) is 0.533. The number of piperidine rings is 1. The van der Waals surface area contributed by atoms with Gasteiger partial charge in [0.05, 0.1) is 12.1 Å². The molecular formula is C15H22N2O2. The number of amides is 1. The number of nitrogens with zero attached hydrogens (tertiary/aromatic N) is 1. The first-order chi connectivity index (χ1) is 9.16. The molecule has 2 N–H and O–H groups in total. The largest absolute Gasteiger partial charge is 0.392 e. The van der Waals surface area contributed by atoms with Crippen LogP contribution in [-0.2, 0) is 11.3 Å². The Bertz CT molecular complexity index is 408. The third kappa shape index (κ3) is 4.04. The number of benzene rings is 1. The summed E-state index contributed by atoms with van der Waals surface area (Å²) < 4.78 is 0. The van der Waals surface area contributed by atoms with Gasteiger partial charge in [-0.3, -0.25) is 9.69 Å². The second-order valence-corrected chi connectivity index (χ2v) is 5.17. The molecule has 0 aromatic heterocycles. The fourth-order valence-corrected chi connectivity index (χ4v) is 2.43. The van der Waals surface area contributed by atoms with Gasteiger partial charge in [-0.1, -0.05) is 30.3 Å². The molecule has 2 unspecified atom stereocenters. The van der Waals surface area contributed by atoms with Gasteiger partial charge in [0.15, 0.2) is 0 Å². The normalized spacial score (nSPS) is 21.9. The van der Waals surface area contributed by atoms with Gasteiger partial charge in [0.1, 0.15) is 0 Å². The lowest BCUT2D eigenvalue weighted by atomic mass is 10.1. The molecule has 1 amide bonds. The molecule has 1 aromatic rings.